The van der Waals surface area contributed by atoms with E-state index in [-0.39, 0.29) is 11.6 Å². The zero-order valence-corrected chi connectivity index (χ0v) is 10.1. The molecule has 0 fully saturated rings. The molecule has 0 saturated heterocycles. The number of rotatable bonds is 3. The van der Waals surface area contributed by atoms with E-state index in [1.807, 2.05) is 13.8 Å². The van der Waals surface area contributed by atoms with Crippen molar-refractivity contribution in [3.05, 3.63) is 53.4 Å². The van der Waals surface area contributed by atoms with Crippen molar-refractivity contribution in [2.45, 2.75) is 26.0 Å². The van der Waals surface area contributed by atoms with Gasteiger partial charge in [0.15, 0.2) is 0 Å². The van der Waals surface area contributed by atoms with Gasteiger partial charge in [0.2, 0.25) is 0 Å². The van der Waals surface area contributed by atoms with Crippen molar-refractivity contribution in [1.82, 2.24) is 9.78 Å². The molecule has 0 aliphatic heterocycles. The highest BCUT2D eigenvalue weighted by atomic mass is 19.1. The fraction of sp³-hybridized carbons (Fsp3) is 0.308. The van der Waals surface area contributed by atoms with Crippen LogP contribution < -0.4 is 0 Å². The van der Waals surface area contributed by atoms with Crippen LogP contribution >= 0.6 is 0 Å². The van der Waals surface area contributed by atoms with E-state index >= 15 is 0 Å². The molecule has 0 aliphatic carbocycles. The van der Waals surface area contributed by atoms with E-state index in [0.29, 0.717) is 5.56 Å². The highest BCUT2D eigenvalue weighted by Gasteiger charge is 2.15. The molecule has 1 aromatic heterocycles. The Morgan fingerprint density at radius 3 is 2.22 bits per heavy atom. The summed E-state index contributed by atoms with van der Waals surface area (Å²) in [6.07, 6.45) is 2.08. The molecule has 0 saturated carbocycles. The minimum atomic E-state index is -1.08. The summed E-state index contributed by atoms with van der Waals surface area (Å²) in [5.74, 6) is -1.42. The van der Waals surface area contributed by atoms with E-state index in [4.69, 9.17) is 0 Å². The van der Waals surface area contributed by atoms with Crippen LogP contribution in [0.2, 0.25) is 0 Å². The number of aliphatic hydroxyl groups excluding tert-OH is 1. The van der Waals surface area contributed by atoms with Crippen LogP contribution in [0.25, 0.3) is 0 Å². The Morgan fingerprint density at radius 2 is 1.72 bits per heavy atom. The third kappa shape index (κ3) is 2.56. The number of halogens is 2. The van der Waals surface area contributed by atoms with Gasteiger partial charge < -0.3 is 5.11 Å². The first-order chi connectivity index (χ1) is 8.47. The average Bonchev–Trinajstić information content (AvgIpc) is 2.75. The summed E-state index contributed by atoms with van der Waals surface area (Å²) in [4.78, 5) is 0. The summed E-state index contributed by atoms with van der Waals surface area (Å²) < 4.78 is 27.8. The second kappa shape index (κ2) is 4.86. The lowest BCUT2D eigenvalue weighted by molar-refractivity contribution is 0.219. The third-order valence-corrected chi connectivity index (χ3v) is 2.67. The van der Waals surface area contributed by atoms with Crippen LogP contribution in [0.15, 0.2) is 30.6 Å². The van der Waals surface area contributed by atoms with Crippen molar-refractivity contribution in [3.8, 4) is 0 Å². The molecule has 1 atom stereocenters. The van der Waals surface area contributed by atoms with Crippen molar-refractivity contribution < 1.29 is 13.9 Å². The van der Waals surface area contributed by atoms with Crippen molar-refractivity contribution >= 4 is 0 Å². The van der Waals surface area contributed by atoms with Crippen LogP contribution in [0.4, 0.5) is 8.78 Å². The van der Waals surface area contributed by atoms with Crippen LogP contribution in [0.3, 0.4) is 0 Å². The number of aliphatic hydroxyl groups is 1. The molecule has 0 bridgehead atoms. The maximum absolute atomic E-state index is 13.1. The Bertz CT molecular complexity index is 531. The van der Waals surface area contributed by atoms with E-state index < -0.39 is 17.7 Å². The van der Waals surface area contributed by atoms with Crippen molar-refractivity contribution in [2.24, 2.45) is 0 Å². The topological polar surface area (TPSA) is 38.0 Å². The van der Waals surface area contributed by atoms with E-state index in [9.17, 15) is 13.9 Å². The van der Waals surface area contributed by atoms with Crippen LogP contribution in [-0.4, -0.2) is 14.9 Å². The number of aromatic nitrogens is 2. The number of hydrogen-bond acceptors (Lipinski definition) is 2. The van der Waals surface area contributed by atoms with Crippen molar-refractivity contribution in [1.29, 1.82) is 0 Å². The second-order valence-corrected chi connectivity index (χ2v) is 4.45. The van der Waals surface area contributed by atoms with Gasteiger partial charge in [-0.25, -0.2) is 8.78 Å². The molecule has 2 aromatic rings. The van der Waals surface area contributed by atoms with Gasteiger partial charge in [0.1, 0.15) is 17.7 Å². The quantitative estimate of drug-likeness (QED) is 0.912. The van der Waals surface area contributed by atoms with Crippen LogP contribution in [-0.2, 0) is 0 Å². The summed E-state index contributed by atoms with van der Waals surface area (Å²) in [5.41, 5.74) is 0.685. The van der Waals surface area contributed by atoms with Gasteiger partial charge in [0.05, 0.1) is 6.20 Å². The van der Waals surface area contributed by atoms with Gasteiger partial charge in [-0.3, -0.25) is 4.68 Å². The van der Waals surface area contributed by atoms with E-state index in [2.05, 4.69) is 5.10 Å². The third-order valence-electron chi connectivity index (χ3n) is 2.67. The first-order valence-electron chi connectivity index (χ1n) is 5.65. The summed E-state index contributed by atoms with van der Waals surface area (Å²) in [6, 6.07) is 3.16. The summed E-state index contributed by atoms with van der Waals surface area (Å²) in [6.45, 7) is 3.90. The number of benzene rings is 1. The molecule has 96 valence electrons. The molecule has 0 aliphatic rings. The molecule has 1 N–H and O–H groups in total. The number of hydrogen-bond donors (Lipinski definition) is 1. The molecule has 1 heterocycles. The first-order valence-corrected chi connectivity index (χ1v) is 5.65. The van der Waals surface area contributed by atoms with Crippen LogP contribution in [0, 0.1) is 11.6 Å². The monoisotopic (exact) mass is 252 g/mol. The lowest BCUT2D eigenvalue weighted by Crippen LogP contribution is -2.02. The maximum Gasteiger partial charge on any atom is 0.126 e. The predicted molar refractivity (Wildman–Crippen MR) is 63.0 cm³/mol. The van der Waals surface area contributed by atoms with Crippen molar-refractivity contribution in [3.63, 3.8) is 0 Å². The smallest absolute Gasteiger partial charge is 0.126 e. The first kappa shape index (κ1) is 12.7. The molecule has 1 aromatic carbocycles. The highest BCUT2D eigenvalue weighted by molar-refractivity contribution is 5.28. The standard InChI is InChI=1S/C13H14F2N2O/c1-8(2)17-7-10(6-16-17)13(18)9-3-11(14)5-12(15)4-9/h3-8,13,18H,1-2H3. The minimum absolute atomic E-state index is 0.162. The Hall–Kier alpha value is -1.75. The molecular formula is C13H14F2N2O. The lowest BCUT2D eigenvalue weighted by Gasteiger charge is -2.09. The average molecular weight is 252 g/mol. The Kier molecular flexibility index (Phi) is 3.43. The zero-order valence-electron chi connectivity index (χ0n) is 10.1. The summed E-state index contributed by atoms with van der Waals surface area (Å²) >= 11 is 0. The molecule has 2 rings (SSSR count). The highest BCUT2D eigenvalue weighted by Crippen LogP contribution is 2.23. The SMILES string of the molecule is CC(C)n1cc(C(O)c2cc(F)cc(F)c2)cn1. The van der Waals surface area contributed by atoms with E-state index in [1.54, 1.807) is 10.9 Å². The molecule has 3 nitrogen and oxygen atoms in total. The second-order valence-electron chi connectivity index (χ2n) is 4.45. The Morgan fingerprint density at radius 1 is 1.11 bits per heavy atom. The summed E-state index contributed by atoms with van der Waals surface area (Å²) in [7, 11) is 0. The van der Waals surface area contributed by atoms with E-state index in [1.165, 1.54) is 6.20 Å². The molecule has 1 unspecified atom stereocenters. The fourth-order valence-electron chi connectivity index (χ4n) is 1.70. The fourth-order valence-corrected chi connectivity index (χ4v) is 1.70. The van der Waals surface area contributed by atoms with Crippen LogP contribution in [0.1, 0.15) is 37.1 Å². The van der Waals surface area contributed by atoms with Gasteiger partial charge in [-0.1, -0.05) is 0 Å². The molecule has 0 spiro atoms. The van der Waals surface area contributed by atoms with Gasteiger partial charge in [-0.15, -0.1) is 0 Å². The normalized spacial score (nSPS) is 13.0. The van der Waals surface area contributed by atoms with Gasteiger partial charge >= 0.3 is 0 Å². The molecular weight excluding hydrogens is 238 g/mol. The minimum Gasteiger partial charge on any atom is -0.384 e. The largest absolute Gasteiger partial charge is 0.384 e. The molecule has 18 heavy (non-hydrogen) atoms. The van der Waals surface area contributed by atoms with E-state index in [0.717, 1.165) is 18.2 Å². The van der Waals surface area contributed by atoms with Crippen LogP contribution in [0.5, 0.6) is 0 Å². The zero-order chi connectivity index (χ0) is 13.3. The maximum atomic E-state index is 13.1. The summed E-state index contributed by atoms with van der Waals surface area (Å²) in [5, 5.41) is 14.1. The predicted octanol–water partition coefficient (Wildman–Crippen LogP) is 2.82. The van der Waals surface area contributed by atoms with Gasteiger partial charge in [-0.05, 0) is 31.5 Å². The van der Waals surface area contributed by atoms with Gasteiger partial charge in [-0.2, -0.15) is 5.10 Å². The van der Waals surface area contributed by atoms with Gasteiger partial charge in [0, 0.05) is 23.9 Å². The van der Waals surface area contributed by atoms with Crippen molar-refractivity contribution in [2.75, 3.05) is 0 Å². The van der Waals surface area contributed by atoms with Gasteiger partial charge in [0.25, 0.3) is 0 Å². The number of nitrogens with zero attached hydrogens (tertiary/aromatic N) is 2. The molecule has 0 radical (unpaired) electrons. The molecule has 0 amide bonds. The lowest BCUT2D eigenvalue weighted by atomic mass is 10.0. The molecule has 5 heteroatoms. The Labute approximate surface area is 104 Å². The Balaban J connectivity index is 2.31.